The average Bonchev–Trinajstić information content (AvgIpc) is 2.97. The zero-order valence-corrected chi connectivity index (χ0v) is 23.2. The zero-order chi connectivity index (χ0) is 28.9. The molecule has 0 aliphatic carbocycles. The number of rotatable bonds is 4. The second-order valence-electron chi connectivity index (χ2n) is 10.1. The molecule has 0 radical (unpaired) electrons. The van der Waals surface area contributed by atoms with Crippen LogP contribution in [-0.2, 0) is 10.7 Å². The Morgan fingerprint density at radius 1 is 0.683 bits per heavy atom. The van der Waals surface area contributed by atoms with Gasteiger partial charge in [0.05, 0.1) is 5.56 Å². The Morgan fingerprint density at radius 2 is 1.24 bits per heavy atom. The van der Waals surface area contributed by atoms with Gasteiger partial charge in [0, 0.05) is 15.9 Å². The highest BCUT2D eigenvalue weighted by Crippen LogP contribution is 2.49. The Morgan fingerprint density at radius 3 is 1.90 bits per heavy atom. The summed E-state index contributed by atoms with van der Waals surface area (Å²) < 4.78 is 72.9. The molecule has 1 unspecified atom stereocenters. The lowest BCUT2D eigenvalue weighted by molar-refractivity contribution is -0.137. The van der Waals surface area contributed by atoms with E-state index < -0.39 is 24.7 Å². The Labute approximate surface area is 235 Å². The second-order valence-corrected chi connectivity index (χ2v) is 12.8. The summed E-state index contributed by atoms with van der Waals surface area (Å²) in [5, 5.41) is 5.46. The average molecular weight is 569 g/mol. The van der Waals surface area contributed by atoms with Crippen molar-refractivity contribution < 1.29 is 22.1 Å². The minimum Gasteiger partial charge on any atom is -0.309 e. The minimum atomic E-state index is -4.82. The van der Waals surface area contributed by atoms with Crippen LogP contribution >= 0.6 is 7.14 Å². The number of hydrogen-bond acceptors (Lipinski definition) is 1. The van der Waals surface area contributed by atoms with E-state index in [9.17, 15) is 13.2 Å². The van der Waals surface area contributed by atoms with Crippen LogP contribution < -0.4 is 15.9 Å². The van der Waals surface area contributed by atoms with Gasteiger partial charge in [0.1, 0.15) is 5.82 Å². The molecule has 6 rings (SSSR count). The van der Waals surface area contributed by atoms with E-state index in [0.29, 0.717) is 27.6 Å². The summed E-state index contributed by atoms with van der Waals surface area (Å²) in [6.45, 7) is 3.70. The normalized spacial score (nSPS) is 13.8. The molecule has 0 fully saturated rings. The third kappa shape index (κ3) is 4.45. The maximum Gasteiger partial charge on any atom is 0.416 e. The van der Waals surface area contributed by atoms with E-state index in [1.165, 1.54) is 0 Å². The van der Waals surface area contributed by atoms with Crippen molar-refractivity contribution in [3.8, 4) is 0 Å². The van der Waals surface area contributed by atoms with Gasteiger partial charge < -0.3 is 4.57 Å². The molecule has 0 amide bonds. The van der Waals surface area contributed by atoms with Crippen molar-refractivity contribution >= 4 is 61.4 Å². The Hall–Kier alpha value is -4.21. The maximum absolute atomic E-state index is 16.0. The lowest BCUT2D eigenvalue weighted by atomic mass is 9.99. The molecule has 0 saturated carbocycles. The second kappa shape index (κ2) is 10.0. The molecule has 0 aromatic heterocycles. The third-order valence-electron chi connectivity index (χ3n) is 7.66. The maximum atomic E-state index is 16.0. The van der Waals surface area contributed by atoms with Gasteiger partial charge in [0.25, 0.3) is 0 Å². The quantitative estimate of drug-likeness (QED) is 0.118. The minimum absolute atomic E-state index is 0.199. The van der Waals surface area contributed by atoms with Crippen molar-refractivity contribution in [1.82, 2.24) is 0 Å². The largest absolute Gasteiger partial charge is 0.416 e. The fourth-order valence-corrected chi connectivity index (χ4v) is 9.01. The van der Waals surface area contributed by atoms with Gasteiger partial charge >= 0.3 is 6.18 Å². The molecule has 0 aliphatic rings. The van der Waals surface area contributed by atoms with Crippen LogP contribution in [0.25, 0.3) is 38.4 Å². The molecule has 0 spiro atoms. The van der Waals surface area contributed by atoms with Crippen LogP contribution in [0.4, 0.5) is 17.6 Å². The molecule has 1 nitrogen and oxygen atoms in total. The van der Waals surface area contributed by atoms with E-state index in [0.717, 1.165) is 44.6 Å². The highest BCUT2D eigenvalue weighted by atomic mass is 31.2. The number of halogens is 4. The topological polar surface area (TPSA) is 17.1 Å². The van der Waals surface area contributed by atoms with Gasteiger partial charge in [0.2, 0.25) is 0 Å². The summed E-state index contributed by atoms with van der Waals surface area (Å²) in [4.78, 5) is 0. The summed E-state index contributed by atoms with van der Waals surface area (Å²) in [7, 11) is -4.12. The van der Waals surface area contributed by atoms with Crippen molar-refractivity contribution in [1.29, 1.82) is 0 Å². The zero-order valence-electron chi connectivity index (χ0n) is 22.3. The molecule has 0 aliphatic heterocycles. The highest BCUT2D eigenvalue weighted by molar-refractivity contribution is 7.85. The van der Waals surface area contributed by atoms with Gasteiger partial charge in [-0.15, -0.1) is 0 Å². The van der Waals surface area contributed by atoms with E-state index in [1.54, 1.807) is 12.1 Å². The fraction of sp³-hybridized carbons (Fsp3) is 0.0857. The molecule has 0 heterocycles. The van der Waals surface area contributed by atoms with Crippen LogP contribution in [0.15, 0.2) is 109 Å². The van der Waals surface area contributed by atoms with Gasteiger partial charge in [-0.05, 0) is 87.6 Å². The molecule has 0 saturated heterocycles. The molecule has 41 heavy (non-hydrogen) atoms. The van der Waals surface area contributed by atoms with Gasteiger partial charge in [0.15, 0.2) is 7.14 Å². The molecule has 1 atom stereocenters. The van der Waals surface area contributed by atoms with Crippen LogP contribution in [0.3, 0.4) is 0 Å². The fourth-order valence-electron chi connectivity index (χ4n) is 5.79. The Bertz CT molecular complexity index is 2060. The Kier molecular flexibility index (Phi) is 6.59. The van der Waals surface area contributed by atoms with Gasteiger partial charge in [-0.1, -0.05) is 84.9 Å². The highest BCUT2D eigenvalue weighted by Gasteiger charge is 2.38. The molecular weight excluding hydrogens is 543 g/mol. The van der Waals surface area contributed by atoms with Crippen LogP contribution in [0.1, 0.15) is 23.6 Å². The summed E-state index contributed by atoms with van der Waals surface area (Å²) in [5.41, 5.74) is 0.309. The number of alkyl halides is 3. The standard InChI is InChI=1S/C35H25F4OP/c1-3-10-28-22(2)33(17-23-11-4-6-13-29(23)28)41(40,27-20-25(35(37,38)39)19-26(36)21-27)34-18-24-12-5-7-14-30(24)31-15-8-9-16-32(31)34/h3-21H,1-2H3/b10-3-. The van der Waals surface area contributed by atoms with Crippen molar-refractivity contribution in [3.63, 3.8) is 0 Å². The van der Waals surface area contributed by atoms with E-state index >= 15 is 8.96 Å². The lowest BCUT2D eigenvalue weighted by Gasteiger charge is -2.26. The summed E-state index contributed by atoms with van der Waals surface area (Å²) >= 11 is 0. The van der Waals surface area contributed by atoms with E-state index in [4.69, 9.17) is 0 Å². The monoisotopic (exact) mass is 568 g/mol. The van der Waals surface area contributed by atoms with Crippen LogP contribution in [0.2, 0.25) is 0 Å². The Balaban J connectivity index is 1.84. The van der Waals surface area contributed by atoms with Crippen molar-refractivity contribution in [2.75, 3.05) is 0 Å². The summed E-state index contributed by atoms with van der Waals surface area (Å²) in [5.74, 6) is -1.09. The number of fused-ring (bicyclic) bond motifs is 4. The van der Waals surface area contributed by atoms with Crippen LogP contribution in [0, 0.1) is 12.7 Å². The number of hydrogen-bond donors (Lipinski definition) is 0. The summed E-state index contributed by atoms with van der Waals surface area (Å²) in [6, 6.07) is 28.5. The van der Waals surface area contributed by atoms with Crippen molar-refractivity contribution in [3.05, 3.63) is 132 Å². The number of benzene rings is 6. The van der Waals surface area contributed by atoms with Crippen molar-refractivity contribution in [2.45, 2.75) is 20.0 Å². The van der Waals surface area contributed by atoms with Crippen molar-refractivity contribution in [2.24, 2.45) is 0 Å². The number of allylic oxidation sites excluding steroid dienone is 1. The van der Waals surface area contributed by atoms with Gasteiger partial charge in [-0.3, -0.25) is 0 Å². The van der Waals surface area contributed by atoms with E-state index in [2.05, 4.69) is 0 Å². The SMILES string of the molecule is C/C=C\c1c(C)c(P(=O)(c2cc(F)cc(C(F)(F)F)c2)c2cc3ccccc3c3ccccc23)cc2ccccc12. The van der Waals surface area contributed by atoms with Crippen LogP contribution in [0.5, 0.6) is 0 Å². The first-order chi connectivity index (χ1) is 19.6. The molecule has 0 N–H and O–H groups in total. The van der Waals surface area contributed by atoms with E-state index in [1.807, 2.05) is 98.8 Å². The molecule has 6 heteroatoms. The third-order valence-corrected chi connectivity index (χ3v) is 10.8. The molecule has 6 aromatic carbocycles. The van der Waals surface area contributed by atoms with Gasteiger partial charge in [-0.2, -0.15) is 13.2 Å². The molecule has 6 aromatic rings. The molecule has 204 valence electrons. The first-order valence-corrected chi connectivity index (χ1v) is 14.9. The predicted octanol–water partition coefficient (Wildman–Crippen LogP) is 9.29. The first-order valence-electron chi connectivity index (χ1n) is 13.2. The predicted molar refractivity (Wildman–Crippen MR) is 163 cm³/mol. The summed E-state index contributed by atoms with van der Waals surface area (Å²) in [6.07, 6.45) is -1.03. The molecule has 0 bridgehead atoms. The molecular formula is C35H25F4OP. The van der Waals surface area contributed by atoms with Crippen LogP contribution in [-0.4, -0.2) is 0 Å². The van der Waals surface area contributed by atoms with Gasteiger partial charge in [-0.25, -0.2) is 4.39 Å². The smallest absolute Gasteiger partial charge is 0.309 e. The first kappa shape index (κ1) is 27.0. The van der Waals surface area contributed by atoms with E-state index in [-0.39, 0.29) is 5.30 Å². The lowest BCUT2D eigenvalue weighted by Crippen LogP contribution is -2.29.